The van der Waals surface area contributed by atoms with Gasteiger partial charge in [0, 0.05) is 12.0 Å². The maximum Gasteiger partial charge on any atom is 0.181 e. The van der Waals surface area contributed by atoms with Crippen LogP contribution in [0.15, 0.2) is 24.3 Å². The predicted molar refractivity (Wildman–Crippen MR) is 55.8 cm³/mol. The highest BCUT2D eigenvalue weighted by atomic mass is 19.1. The quantitative estimate of drug-likeness (QED) is 0.836. The van der Waals surface area contributed by atoms with E-state index in [1.165, 1.54) is 12.1 Å². The fourth-order valence-electron chi connectivity index (χ4n) is 1.40. The van der Waals surface area contributed by atoms with E-state index in [1.54, 1.807) is 12.1 Å². The SMILES string of the molecule is CCCc1nc(-c2cccc(F)c2)n[nH]1. The van der Waals surface area contributed by atoms with Gasteiger partial charge in [-0.1, -0.05) is 19.1 Å². The number of hydrogen-bond acceptors (Lipinski definition) is 2. The minimum absolute atomic E-state index is 0.269. The van der Waals surface area contributed by atoms with Crippen molar-refractivity contribution >= 4 is 0 Å². The number of hydrogen-bond donors (Lipinski definition) is 1. The summed E-state index contributed by atoms with van der Waals surface area (Å²) in [6, 6.07) is 6.28. The zero-order valence-corrected chi connectivity index (χ0v) is 8.50. The molecule has 0 aliphatic rings. The Hall–Kier alpha value is -1.71. The Morgan fingerprint density at radius 3 is 3.00 bits per heavy atom. The number of aromatic nitrogens is 3. The fraction of sp³-hybridized carbons (Fsp3) is 0.273. The number of nitrogens with one attached hydrogen (secondary N) is 1. The molecule has 2 rings (SSSR count). The molecule has 0 radical (unpaired) electrons. The van der Waals surface area contributed by atoms with Crippen LogP contribution in [0.5, 0.6) is 0 Å². The Morgan fingerprint density at radius 1 is 1.40 bits per heavy atom. The van der Waals surface area contributed by atoms with Gasteiger partial charge in [-0.2, -0.15) is 5.10 Å². The van der Waals surface area contributed by atoms with Gasteiger partial charge in [0.1, 0.15) is 11.6 Å². The molecule has 0 unspecified atom stereocenters. The summed E-state index contributed by atoms with van der Waals surface area (Å²) < 4.78 is 12.9. The molecule has 1 aromatic heterocycles. The third kappa shape index (κ3) is 2.21. The number of aromatic amines is 1. The highest BCUT2D eigenvalue weighted by Gasteiger charge is 2.05. The van der Waals surface area contributed by atoms with Crippen LogP contribution in [0.1, 0.15) is 19.2 Å². The van der Waals surface area contributed by atoms with Crippen LogP contribution in [-0.4, -0.2) is 15.2 Å². The van der Waals surface area contributed by atoms with Crippen LogP contribution in [0, 0.1) is 5.82 Å². The van der Waals surface area contributed by atoms with Crippen molar-refractivity contribution in [1.82, 2.24) is 15.2 Å². The van der Waals surface area contributed by atoms with Crippen LogP contribution in [0.25, 0.3) is 11.4 Å². The second-order valence-corrected chi connectivity index (χ2v) is 3.37. The lowest BCUT2D eigenvalue weighted by Crippen LogP contribution is -1.85. The Morgan fingerprint density at radius 2 is 2.27 bits per heavy atom. The number of halogens is 1. The van der Waals surface area contributed by atoms with Gasteiger partial charge in [0.2, 0.25) is 0 Å². The standard InChI is InChI=1S/C11H12FN3/c1-2-4-10-13-11(15-14-10)8-5-3-6-9(12)7-8/h3,5-7H,2,4H2,1H3,(H,13,14,15). The molecule has 1 aromatic carbocycles. The first-order valence-electron chi connectivity index (χ1n) is 4.97. The molecule has 1 N–H and O–H groups in total. The molecular weight excluding hydrogens is 193 g/mol. The third-order valence-electron chi connectivity index (χ3n) is 2.10. The molecule has 0 saturated carbocycles. The molecule has 0 bridgehead atoms. The maximum atomic E-state index is 12.9. The van der Waals surface area contributed by atoms with E-state index in [4.69, 9.17) is 0 Å². The minimum Gasteiger partial charge on any atom is -0.263 e. The molecule has 2 aromatic rings. The lowest BCUT2D eigenvalue weighted by Gasteiger charge is -1.93. The van der Waals surface area contributed by atoms with Gasteiger partial charge in [0.15, 0.2) is 5.82 Å². The van der Waals surface area contributed by atoms with Crippen molar-refractivity contribution < 1.29 is 4.39 Å². The Balaban J connectivity index is 2.29. The monoisotopic (exact) mass is 205 g/mol. The summed E-state index contributed by atoms with van der Waals surface area (Å²) in [5, 5.41) is 6.88. The average molecular weight is 205 g/mol. The zero-order valence-electron chi connectivity index (χ0n) is 8.50. The summed E-state index contributed by atoms with van der Waals surface area (Å²) in [6.07, 6.45) is 1.88. The zero-order chi connectivity index (χ0) is 10.7. The summed E-state index contributed by atoms with van der Waals surface area (Å²) in [5.74, 6) is 1.13. The fourth-order valence-corrected chi connectivity index (χ4v) is 1.40. The van der Waals surface area contributed by atoms with E-state index in [-0.39, 0.29) is 5.82 Å². The van der Waals surface area contributed by atoms with E-state index in [0.29, 0.717) is 11.4 Å². The van der Waals surface area contributed by atoms with E-state index < -0.39 is 0 Å². The Labute approximate surface area is 87.4 Å². The normalized spacial score (nSPS) is 10.5. The Bertz CT molecular complexity index is 451. The molecule has 0 spiro atoms. The third-order valence-corrected chi connectivity index (χ3v) is 2.10. The second-order valence-electron chi connectivity index (χ2n) is 3.37. The molecule has 0 aliphatic heterocycles. The Kier molecular flexibility index (Phi) is 2.76. The highest BCUT2D eigenvalue weighted by molar-refractivity contribution is 5.54. The van der Waals surface area contributed by atoms with E-state index in [1.807, 2.05) is 0 Å². The number of H-pyrrole nitrogens is 1. The number of nitrogens with zero attached hydrogens (tertiary/aromatic N) is 2. The van der Waals surface area contributed by atoms with Crippen molar-refractivity contribution in [2.75, 3.05) is 0 Å². The van der Waals surface area contributed by atoms with Gasteiger partial charge in [0.25, 0.3) is 0 Å². The summed E-state index contributed by atoms with van der Waals surface area (Å²) in [7, 11) is 0. The van der Waals surface area contributed by atoms with Crippen LogP contribution in [0.2, 0.25) is 0 Å². The van der Waals surface area contributed by atoms with Gasteiger partial charge in [-0.15, -0.1) is 0 Å². The first kappa shape index (κ1) is 9.83. The molecule has 3 nitrogen and oxygen atoms in total. The van der Waals surface area contributed by atoms with Crippen LogP contribution in [-0.2, 0) is 6.42 Å². The van der Waals surface area contributed by atoms with Crippen molar-refractivity contribution in [3.63, 3.8) is 0 Å². The van der Waals surface area contributed by atoms with E-state index >= 15 is 0 Å². The van der Waals surface area contributed by atoms with Crippen LogP contribution in [0.3, 0.4) is 0 Å². The predicted octanol–water partition coefficient (Wildman–Crippen LogP) is 2.56. The lowest BCUT2D eigenvalue weighted by atomic mass is 10.2. The molecule has 0 fully saturated rings. The second kappa shape index (κ2) is 4.21. The lowest BCUT2D eigenvalue weighted by molar-refractivity contribution is 0.628. The van der Waals surface area contributed by atoms with Crippen LogP contribution >= 0.6 is 0 Å². The average Bonchev–Trinajstić information content (AvgIpc) is 2.67. The molecule has 0 atom stereocenters. The minimum atomic E-state index is -0.269. The first-order chi connectivity index (χ1) is 7.29. The molecule has 0 saturated heterocycles. The van der Waals surface area contributed by atoms with Crippen molar-refractivity contribution in [2.24, 2.45) is 0 Å². The maximum absolute atomic E-state index is 12.9. The van der Waals surface area contributed by atoms with Crippen molar-refractivity contribution in [2.45, 2.75) is 19.8 Å². The largest absolute Gasteiger partial charge is 0.263 e. The van der Waals surface area contributed by atoms with Gasteiger partial charge in [-0.25, -0.2) is 9.37 Å². The molecule has 1 heterocycles. The van der Waals surface area contributed by atoms with Crippen LogP contribution < -0.4 is 0 Å². The molecule has 78 valence electrons. The van der Waals surface area contributed by atoms with Crippen molar-refractivity contribution in [3.05, 3.63) is 35.9 Å². The number of aryl methyl sites for hydroxylation is 1. The summed E-state index contributed by atoms with van der Waals surface area (Å²) >= 11 is 0. The molecule has 15 heavy (non-hydrogen) atoms. The molecule has 4 heteroatoms. The van der Waals surface area contributed by atoms with Gasteiger partial charge in [-0.3, -0.25) is 5.10 Å². The first-order valence-corrected chi connectivity index (χ1v) is 4.97. The summed E-state index contributed by atoms with van der Waals surface area (Å²) in [4.78, 5) is 4.28. The number of rotatable bonds is 3. The van der Waals surface area contributed by atoms with Crippen molar-refractivity contribution in [1.29, 1.82) is 0 Å². The van der Waals surface area contributed by atoms with E-state index in [2.05, 4.69) is 22.1 Å². The summed E-state index contributed by atoms with van der Waals surface area (Å²) in [6.45, 7) is 2.07. The van der Waals surface area contributed by atoms with Gasteiger partial charge in [-0.05, 0) is 18.6 Å². The smallest absolute Gasteiger partial charge is 0.181 e. The van der Waals surface area contributed by atoms with Gasteiger partial charge < -0.3 is 0 Å². The van der Waals surface area contributed by atoms with Crippen LogP contribution in [0.4, 0.5) is 4.39 Å². The van der Waals surface area contributed by atoms with Gasteiger partial charge >= 0.3 is 0 Å². The summed E-state index contributed by atoms with van der Waals surface area (Å²) in [5.41, 5.74) is 0.702. The molecule has 0 amide bonds. The molecular formula is C11H12FN3. The highest BCUT2D eigenvalue weighted by Crippen LogP contribution is 2.15. The molecule has 0 aliphatic carbocycles. The van der Waals surface area contributed by atoms with Gasteiger partial charge in [0.05, 0.1) is 0 Å². The van der Waals surface area contributed by atoms with E-state index in [0.717, 1.165) is 18.7 Å². The van der Waals surface area contributed by atoms with E-state index in [9.17, 15) is 4.39 Å². The van der Waals surface area contributed by atoms with Crippen molar-refractivity contribution in [3.8, 4) is 11.4 Å². The topological polar surface area (TPSA) is 41.6 Å². The number of benzene rings is 1.